The van der Waals surface area contributed by atoms with Crippen LogP contribution in [0.5, 0.6) is 5.75 Å². The largest absolute Gasteiger partial charge is 0.484 e. The van der Waals surface area contributed by atoms with E-state index < -0.39 is 15.9 Å². The molecule has 0 spiro atoms. The molecule has 1 aliphatic rings. The lowest BCUT2D eigenvalue weighted by Crippen LogP contribution is -2.41. The summed E-state index contributed by atoms with van der Waals surface area (Å²) in [7, 11) is -3.59. The highest BCUT2D eigenvalue weighted by Crippen LogP contribution is 2.25. The van der Waals surface area contributed by atoms with Crippen molar-refractivity contribution in [3.05, 3.63) is 48.8 Å². The van der Waals surface area contributed by atoms with Crippen LogP contribution < -0.4 is 15.8 Å². The van der Waals surface area contributed by atoms with Gasteiger partial charge in [-0.2, -0.15) is 4.31 Å². The van der Waals surface area contributed by atoms with Crippen LogP contribution in [0, 0.1) is 5.92 Å². The molecule has 2 aromatic rings. The molecule has 0 aliphatic carbocycles. The third kappa shape index (κ3) is 5.30. The van der Waals surface area contributed by atoms with Crippen molar-refractivity contribution in [3.63, 3.8) is 0 Å². The van der Waals surface area contributed by atoms with Gasteiger partial charge in [0.1, 0.15) is 10.6 Å². The van der Waals surface area contributed by atoms with Gasteiger partial charge in [0.15, 0.2) is 6.61 Å². The van der Waals surface area contributed by atoms with E-state index in [0.717, 1.165) is 0 Å². The van der Waals surface area contributed by atoms with Crippen molar-refractivity contribution >= 4 is 27.5 Å². The van der Waals surface area contributed by atoms with Gasteiger partial charge >= 0.3 is 0 Å². The second-order valence-corrected chi connectivity index (χ2v) is 8.57. The standard InChI is InChI=1S/C19H22N4O5S/c20-18(24)13-28-16-5-3-15(4-6-16)22-19(25)14-7-10-23(11-8-14)29(26,27)17-2-1-9-21-12-17/h1-6,9,12,14H,7-8,10-11,13H2,(H2,20,24)(H,22,25). The van der Waals surface area contributed by atoms with Crippen molar-refractivity contribution in [3.8, 4) is 5.75 Å². The van der Waals surface area contributed by atoms with Gasteiger partial charge in [0.25, 0.3) is 5.91 Å². The zero-order valence-electron chi connectivity index (χ0n) is 15.7. The SMILES string of the molecule is NC(=O)COc1ccc(NC(=O)C2CCN(S(=O)(=O)c3cccnc3)CC2)cc1. The lowest BCUT2D eigenvalue weighted by molar-refractivity contribution is -0.121. The first-order valence-corrected chi connectivity index (χ1v) is 10.5. The Kier molecular flexibility index (Phi) is 6.45. The normalized spacial score (nSPS) is 15.6. The summed E-state index contributed by atoms with van der Waals surface area (Å²) in [6.07, 6.45) is 3.72. The molecular formula is C19H22N4O5S. The number of hydrogen-bond donors (Lipinski definition) is 2. The summed E-state index contributed by atoms with van der Waals surface area (Å²) >= 11 is 0. The van der Waals surface area contributed by atoms with Crippen LogP contribution in [-0.2, 0) is 19.6 Å². The number of amides is 2. The summed E-state index contributed by atoms with van der Waals surface area (Å²) < 4.78 is 31.8. The van der Waals surface area contributed by atoms with Crippen LogP contribution in [0.3, 0.4) is 0 Å². The van der Waals surface area contributed by atoms with Gasteiger partial charge in [0.05, 0.1) is 0 Å². The van der Waals surface area contributed by atoms with Gasteiger partial charge < -0.3 is 15.8 Å². The first-order chi connectivity index (χ1) is 13.9. The number of ether oxygens (including phenoxy) is 1. The highest BCUT2D eigenvalue weighted by Gasteiger charge is 2.32. The minimum Gasteiger partial charge on any atom is -0.484 e. The van der Waals surface area contributed by atoms with E-state index in [0.29, 0.717) is 24.3 Å². The summed E-state index contributed by atoms with van der Waals surface area (Å²) in [5.41, 5.74) is 5.61. The number of carbonyl (C=O) groups excluding carboxylic acids is 2. The van der Waals surface area contributed by atoms with Crippen molar-refractivity contribution in [2.75, 3.05) is 25.0 Å². The highest BCUT2D eigenvalue weighted by atomic mass is 32.2. The molecule has 0 radical (unpaired) electrons. The number of rotatable bonds is 7. The summed E-state index contributed by atoms with van der Waals surface area (Å²) in [6, 6.07) is 9.67. The van der Waals surface area contributed by atoms with Gasteiger partial charge in [-0.25, -0.2) is 8.42 Å². The third-order valence-electron chi connectivity index (χ3n) is 4.60. The van der Waals surface area contributed by atoms with Gasteiger partial charge in [-0.05, 0) is 49.2 Å². The zero-order valence-corrected chi connectivity index (χ0v) is 16.5. The van der Waals surface area contributed by atoms with E-state index in [1.165, 1.54) is 22.8 Å². The number of benzene rings is 1. The Hall–Kier alpha value is -2.98. The number of carbonyl (C=O) groups is 2. The Balaban J connectivity index is 1.53. The lowest BCUT2D eigenvalue weighted by atomic mass is 9.97. The van der Waals surface area contributed by atoms with E-state index in [-0.39, 0.29) is 36.4 Å². The van der Waals surface area contributed by atoms with Crippen molar-refractivity contribution in [1.29, 1.82) is 0 Å². The van der Waals surface area contributed by atoms with Crippen molar-refractivity contribution in [2.24, 2.45) is 11.7 Å². The van der Waals surface area contributed by atoms with Crippen LogP contribution in [0.25, 0.3) is 0 Å². The first-order valence-electron chi connectivity index (χ1n) is 9.08. The number of sulfonamides is 1. The molecular weight excluding hydrogens is 396 g/mol. The van der Waals surface area contributed by atoms with Crippen molar-refractivity contribution < 1.29 is 22.7 Å². The molecule has 0 bridgehead atoms. The number of pyridine rings is 1. The Labute approximate surface area is 168 Å². The highest BCUT2D eigenvalue weighted by molar-refractivity contribution is 7.89. The van der Waals surface area contributed by atoms with E-state index in [9.17, 15) is 18.0 Å². The Morgan fingerprint density at radius 2 is 1.86 bits per heavy atom. The summed E-state index contributed by atoms with van der Waals surface area (Å²) in [6.45, 7) is 0.330. The minimum atomic E-state index is -3.59. The van der Waals surface area contributed by atoms with E-state index >= 15 is 0 Å². The van der Waals surface area contributed by atoms with Gasteiger partial charge in [-0.15, -0.1) is 0 Å². The van der Waals surface area contributed by atoms with Gasteiger partial charge in [-0.3, -0.25) is 14.6 Å². The van der Waals surface area contributed by atoms with Crippen LogP contribution >= 0.6 is 0 Å². The predicted molar refractivity (Wildman–Crippen MR) is 105 cm³/mol. The molecule has 1 fully saturated rings. The van der Waals surface area contributed by atoms with Crippen LogP contribution in [0.1, 0.15) is 12.8 Å². The second kappa shape index (κ2) is 9.01. The molecule has 154 valence electrons. The van der Waals surface area contributed by atoms with Crippen LogP contribution in [0.15, 0.2) is 53.7 Å². The molecule has 10 heteroatoms. The summed E-state index contributed by atoms with van der Waals surface area (Å²) in [4.78, 5) is 27.2. The third-order valence-corrected chi connectivity index (χ3v) is 6.48. The molecule has 0 saturated carbocycles. The number of hydrogen-bond acceptors (Lipinski definition) is 6. The fourth-order valence-corrected chi connectivity index (χ4v) is 4.47. The minimum absolute atomic E-state index is 0.154. The fourth-order valence-electron chi connectivity index (χ4n) is 3.04. The molecule has 0 atom stereocenters. The van der Waals surface area contributed by atoms with Gasteiger partial charge in [-0.1, -0.05) is 0 Å². The summed E-state index contributed by atoms with van der Waals surface area (Å²) in [5, 5.41) is 2.82. The molecule has 3 rings (SSSR count). The fraction of sp³-hybridized carbons (Fsp3) is 0.316. The average molecular weight is 418 g/mol. The number of aromatic nitrogens is 1. The van der Waals surface area contributed by atoms with Gasteiger partial charge in [0.2, 0.25) is 15.9 Å². The smallest absolute Gasteiger partial charge is 0.255 e. The maximum absolute atomic E-state index is 12.6. The lowest BCUT2D eigenvalue weighted by Gasteiger charge is -2.30. The second-order valence-electron chi connectivity index (χ2n) is 6.64. The molecule has 1 aliphatic heterocycles. The van der Waals surface area contributed by atoms with E-state index in [1.807, 2.05) is 0 Å². The average Bonchev–Trinajstić information content (AvgIpc) is 2.74. The topological polar surface area (TPSA) is 132 Å². The van der Waals surface area contributed by atoms with Crippen LogP contribution in [0.2, 0.25) is 0 Å². The Morgan fingerprint density at radius 3 is 2.45 bits per heavy atom. The molecule has 3 N–H and O–H groups in total. The van der Waals surface area contributed by atoms with Gasteiger partial charge in [0, 0.05) is 37.1 Å². The molecule has 2 heterocycles. The van der Waals surface area contributed by atoms with E-state index in [2.05, 4.69) is 10.3 Å². The van der Waals surface area contributed by atoms with E-state index in [4.69, 9.17) is 10.5 Å². The molecule has 1 aromatic carbocycles. The Morgan fingerprint density at radius 1 is 1.17 bits per heavy atom. The quantitative estimate of drug-likeness (QED) is 0.689. The van der Waals surface area contributed by atoms with Crippen LogP contribution in [0.4, 0.5) is 5.69 Å². The number of primary amides is 1. The molecule has 0 unspecified atom stereocenters. The summed E-state index contributed by atoms with van der Waals surface area (Å²) in [5.74, 6) is -0.537. The van der Waals surface area contributed by atoms with E-state index in [1.54, 1.807) is 30.3 Å². The molecule has 29 heavy (non-hydrogen) atoms. The number of nitrogens with zero attached hydrogens (tertiary/aromatic N) is 2. The number of anilines is 1. The van der Waals surface area contributed by atoms with Crippen molar-refractivity contribution in [1.82, 2.24) is 9.29 Å². The zero-order chi connectivity index (χ0) is 20.9. The maximum Gasteiger partial charge on any atom is 0.255 e. The number of nitrogens with two attached hydrogens (primary N) is 1. The molecule has 2 amide bonds. The molecule has 1 aromatic heterocycles. The molecule has 1 saturated heterocycles. The van der Waals surface area contributed by atoms with Crippen molar-refractivity contribution in [2.45, 2.75) is 17.7 Å². The monoisotopic (exact) mass is 418 g/mol. The number of nitrogens with one attached hydrogen (secondary N) is 1. The molecule has 9 nitrogen and oxygen atoms in total. The predicted octanol–water partition coefficient (Wildman–Crippen LogP) is 0.985. The maximum atomic E-state index is 12.6. The Bertz CT molecular complexity index is 956. The van der Waals surface area contributed by atoms with Crippen LogP contribution in [-0.4, -0.2) is 49.2 Å². The number of piperidine rings is 1. The first kappa shape index (κ1) is 20.7.